The van der Waals surface area contributed by atoms with Gasteiger partial charge >= 0.3 is 0 Å². The normalized spacial score (nSPS) is 13.7. The van der Waals surface area contributed by atoms with Crippen molar-refractivity contribution in [2.75, 3.05) is 0 Å². The van der Waals surface area contributed by atoms with Crippen LogP contribution in [0.15, 0.2) is 51.5 Å². The quantitative estimate of drug-likeness (QED) is 0.735. The molecule has 0 bridgehead atoms. The Kier molecular flexibility index (Phi) is 2.38. The molecule has 0 fully saturated rings. The molecule has 0 spiro atoms. The van der Waals surface area contributed by atoms with Gasteiger partial charge in [0.05, 0.1) is 11.5 Å². The van der Waals surface area contributed by atoms with Crippen LogP contribution >= 0.6 is 0 Å². The van der Waals surface area contributed by atoms with Crippen molar-refractivity contribution in [2.24, 2.45) is 0 Å². The van der Waals surface area contributed by atoms with Crippen LogP contribution in [-0.4, -0.2) is 10.9 Å². The topological polar surface area (TPSA) is 63.6 Å². The van der Waals surface area contributed by atoms with Gasteiger partial charge in [-0.25, -0.2) is 0 Å². The summed E-state index contributed by atoms with van der Waals surface area (Å²) < 4.78 is 10.9. The van der Waals surface area contributed by atoms with Gasteiger partial charge in [0.1, 0.15) is 11.0 Å². The fourth-order valence-electron chi connectivity index (χ4n) is 2.47. The Hall–Kier alpha value is -3.01. The number of hydrogen-bond acceptors (Lipinski definition) is 4. The minimum atomic E-state index is -0.318. The monoisotopic (exact) mass is 278 g/mol. The van der Waals surface area contributed by atoms with E-state index in [1.165, 1.54) is 12.3 Å². The molecule has 3 aromatic rings. The molecular formula is C17H10O4. The fraction of sp³-hybridized carbons (Fsp3) is 0. The van der Waals surface area contributed by atoms with Crippen LogP contribution < -0.4 is 10.8 Å². The highest BCUT2D eigenvalue weighted by molar-refractivity contribution is 6.19. The van der Waals surface area contributed by atoms with E-state index in [9.17, 15) is 9.90 Å². The van der Waals surface area contributed by atoms with Gasteiger partial charge in [-0.05, 0) is 17.7 Å². The molecule has 2 heterocycles. The van der Waals surface area contributed by atoms with Gasteiger partial charge in [0.15, 0.2) is 22.4 Å². The summed E-state index contributed by atoms with van der Waals surface area (Å²) in [6.45, 7) is 0. The lowest BCUT2D eigenvalue weighted by Crippen LogP contribution is -2.10. The Morgan fingerprint density at radius 2 is 1.90 bits per heavy atom. The van der Waals surface area contributed by atoms with Crippen LogP contribution in [0.2, 0.25) is 0 Å². The predicted octanol–water partition coefficient (Wildman–Crippen LogP) is 1.67. The molecular weight excluding hydrogens is 268 g/mol. The van der Waals surface area contributed by atoms with E-state index in [1.54, 1.807) is 12.1 Å². The zero-order valence-electron chi connectivity index (χ0n) is 10.9. The Labute approximate surface area is 118 Å². The number of carbonyl (C=O) groups excluding carboxylic acids is 1. The third-order valence-electron chi connectivity index (χ3n) is 3.45. The average molecular weight is 278 g/mol. The number of Topliss-reactive ketones (excluding diaryl/α,β-unsaturated/α-hetero) is 1. The Morgan fingerprint density at radius 3 is 2.71 bits per heavy atom. The standard InChI is InChI=1S/C17H10O4/c18-12-9-13-11(6-7-20-13)17-15(12)16(19)14(21-17)8-10-4-2-1-3-5-10/h1-9,19H. The van der Waals surface area contributed by atoms with Gasteiger partial charge in [0.2, 0.25) is 0 Å². The second-order valence-corrected chi connectivity index (χ2v) is 4.78. The molecule has 0 saturated heterocycles. The van der Waals surface area contributed by atoms with E-state index in [4.69, 9.17) is 8.83 Å². The number of furan rings is 2. The van der Waals surface area contributed by atoms with E-state index >= 15 is 0 Å². The molecule has 4 heteroatoms. The first kappa shape index (κ1) is 11.8. The van der Waals surface area contributed by atoms with Crippen LogP contribution in [0.1, 0.15) is 15.9 Å². The number of hydrogen-bond donors (Lipinski definition) is 1. The highest BCUT2D eigenvalue weighted by Gasteiger charge is 2.21. The molecule has 102 valence electrons. The molecule has 0 amide bonds. The molecule has 1 aromatic carbocycles. The van der Waals surface area contributed by atoms with Gasteiger partial charge < -0.3 is 13.9 Å². The van der Waals surface area contributed by atoms with Crippen molar-refractivity contribution in [3.8, 4) is 5.75 Å². The van der Waals surface area contributed by atoms with E-state index < -0.39 is 0 Å². The largest absolute Gasteiger partial charge is 0.504 e. The molecule has 0 radical (unpaired) electrons. The lowest BCUT2D eigenvalue weighted by molar-refractivity contribution is 0.105. The highest BCUT2D eigenvalue weighted by atomic mass is 16.4. The Balaban J connectivity index is 2.12. The number of carbonyl (C=O) groups is 1. The van der Waals surface area contributed by atoms with Crippen LogP contribution in [0.3, 0.4) is 0 Å². The van der Waals surface area contributed by atoms with Gasteiger partial charge in [0, 0.05) is 6.08 Å². The van der Waals surface area contributed by atoms with Crippen molar-refractivity contribution in [1.82, 2.24) is 0 Å². The number of rotatable bonds is 1. The lowest BCUT2D eigenvalue weighted by atomic mass is 10.1. The van der Waals surface area contributed by atoms with Gasteiger partial charge in [0.25, 0.3) is 0 Å². The van der Waals surface area contributed by atoms with Gasteiger partial charge in [-0.15, -0.1) is 0 Å². The zero-order chi connectivity index (χ0) is 14.4. The smallest absolute Gasteiger partial charge is 0.197 e. The first-order valence-electron chi connectivity index (χ1n) is 6.46. The van der Waals surface area contributed by atoms with Gasteiger partial charge in [-0.1, -0.05) is 30.3 Å². The summed E-state index contributed by atoms with van der Waals surface area (Å²) in [5.74, 6) is -0.455. The van der Waals surface area contributed by atoms with E-state index in [1.807, 2.05) is 30.3 Å². The third-order valence-corrected chi connectivity index (χ3v) is 3.45. The summed E-state index contributed by atoms with van der Waals surface area (Å²) in [5, 5.41) is 10.9. The van der Waals surface area contributed by atoms with E-state index in [-0.39, 0.29) is 22.5 Å². The zero-order valence-corrected chi connectivity index (χ0v) is 10.9. The molecule has 4 rings (SSSR count). The summed E-state index contributed by atoms with van der Waals surface area (Å²) in [6, 6.07) is 11.2. The number of benzene rings is 1. The summed E-state index contributed by atoms with van der Waals surface area (Å²) >= 11 is 0. The van der Waals surface area contributed by atoms with Crippen LogP contribution in [0, 0.1) is 10.6 Å². The average Bonchev–Trinajstić information content (AvgIpc) is 3.06. The first-order valence-corrected chi connectivity index (χ1v) is 6.46. The van der Waals surface area contributed by atoms with E-state index in [0.717, 1.165) is 5.56 Å². The molecule has 0 atom stereocenters. The maximum atomic E-state index is 12.1. The maximum absolute atomic E-state index is 12.1. The van der Waals surface area contributed by atoms with Crippen molar-refractivity contribution < 1.29 is 18.7 Å². The molecule has 1 aliphatic carbocycles. The molecule has 0 unspecified atom stereocenters. The number of ketones is 1. The van der Waals surface area contributed by atoms with Crippen molar-refractivity contribution in [2.45, 2.75) is 0 Å². The lowest BCUT2D eigenvalue weighted by Gasteiger charge is -1.94. The second-order valence-electron chi connectivity index (χ2n) is 4.78. The maximum Gasteiger partial charge on any atom is 0.197 e. The van der Waals surface area contributed by atoms with E-state index in [2.05, 4.69) is 0 Å². The van der Waals surface area contributed by atoms with Crippen LogP contribution in [0.4, 0.5) is 0 Å². The Morgan fingerprint density at radius 1 is 1.10 bits per heavy atom. The molecule has 1 N–H and O–H groups in total. The number of fused-ring (bicyclic) bond motifs is 2. The van der Waals surface area contributed by atoms with Crippen LogP contribution in [-0.2, 0) is 0 Å². The third kappa shape index (κ3) is 1.73. The van der Waals surface area contributed by atoms with Crippen LogP contribution in [0.25, 0.3) is 12.2 Å². The van der Waals surface area contributed by atoms with Crippen LogP contribution in [0.5, 0.6) is 5.75 Å². The number of aromatic hydroxyl groups is 1. The molecule has 2 aromatic heterocycles. The highest BCUT2D eigenvalue weighted by Crippen LogP contribution is 2.19. The summed E-state index contributed by atoms with van der Waals surface area (Å²) in [7, 11) is 0. The summed E-state index contributed by atoms with van der Waals surface area (Å²) in [6.07, 6.45) is 4.55. The molecule has 0 aliphatic heterocycles. The van der Waals surface area contributed by atoms with Crippen molar-refractivity contribution in [3.05, 3.63) is 75.3 Å². The molecule has 0 saturated carbocycles. The minimum absolute atomic E-state index is 0.137. The molecule has 1 aliphatic rings. The van der Waals surface area contributed by atoms with Gasteiger partial charge in [-0.2, -0.15) is 0 Å². The molecule has 4 nitrogen and oxygen atoms in total. The first-order chi connectivity index (χ1) is 10.2. The summed E-state index contributed by atoms with van der Waals surface area (Å²) in [5.41, 5.74) is 2.13. The summed E-state index contributed by atoms with van der Waals surface area (Å²) in [4.78, 5) is 12.1. The minimum Gasteiger partial charge on any atom is -0.504 e. The van der Waals surface area contributed by atoms with Crippen molar-refractivity contribution >= 4 is 17.9 Å². The van der Waals surface area contributed by atoms with E-state index in [0.29, 0.717) is 16.0 Å². The fourth-order valence-corrected chi connectivity index (χ4v) is 2.47. The molecule has 21 heavy (non-hydrogen) atoms. The Bertz CT molecular complexity index is 1050. The van der Waals surface area contributed by atoms with Gasteiger partial charge in [-0.3, -0.25) is 4.79 Å². The second kappa shape index (κ2) is 4.24. The SMILES string of the molecule is O=C1C=c2occc2=c2oc(=Cc3ccccc3)c(O)c21. The predicted molar refractivity (Wildman–Crippen MR) is 74.8 cm³/mol. The van der Waals surface area contributed by atoms with Crippen molar-refractivity contribution in [3.63, 3.8) is 0 Å². The van der Waals surface area contributed by atoms with Crippen molar-refractivity contribution in [1.29, 1.82) is 0 Å².